The Balaban J connectivity index is 3.36. The first kappa shape index (κ1) is 20.7. The van der Waals surface area contributed by atoms with Gasteiger partial charge < -0.3 is 19.5 Å². The van der Waals surface area contributed by atoms with Crippen molar-refractivity contribution in [2.24, 2.45) is 0 Å². The van der Waals surface area contributed by atoms with Gasteiger partial charge in [0.2, 0.25) is 0 Å². The van der Waals surface area contributed by atoms with E-state index in [0.717, 1.165) is 25.7 Å². The lowest BCUT2D eigenvalue weighted by molar-refractivity contribution is -0.145. The van der Waals surface area contributed by atoms with Crippen LogP contribution in [0.4, 0.5) is 4.79 Å². The Bertz CT molecular complexity index is 312. The zero-order valence-electron chi connectivity index (χ0n) is 14.4. The summed E-state index contributed by atoms with van der Waals surface area (Å²) in [7, 11) is 0. The van der Waals surface area contributed by atoms with E-state index in [-0.39, 0.29) is 12.6 Å². The molecule has 6 heteroatoms. The second-order valence-electron chi connectivity index (χ2n) is 6.07. The summed E-state index contributed by atoms with van der Waals surface area (Å²) in [5.41, 5.74) is -0.504. The highest BCUT2D eigenvalue weighted by Crippen LogP contribution is 2.06. The summed E-state index contributed by atoms with van der Waals surface area (Å²) in [6, 6.07) is 0. The number of alkyl carbamates (subject to hydrolysis) is 1. The highest BCUT2D eigenvalue weighted by molar-refractivity contribution is 5.69. The third-order valence-electron chi connectivity index (χ3n) is 2.64. The minimum absolute atomic E-state index is 0.174. The Labute approximate surface area is 133 Å². The van der Waals surface area contributed by atoms with Gasteiger partial charge in [0.25, 0.3) is 0 Å². The third-order valence-corrected chi connectivity index (χ3v) is 2.64. The Morgan fingerprint density at radius 3 is 2.36 bits per heavy atom. The first-order valence-electron chi connectivity index (χ1n) is 8.05. The molecule has 0 aliphatic carbocycles. The van der Waals surface area contributed by atoms with Crippen molar-refractivity contribution in [2.75, 3.05) is 26.4 Å². The molecule has 0 aliphatic heterocycles. The smallest absolute Gasteiger partial charge is 0.407 e. The fourth-order valence-corrected chi connectivity index (χ4v) is 1.62. The van der Waals surface area contributed by atoms with Crippen LogP contribution in [-0.2, 0) is 19.0 Å². The number of nitrogens with one attached hydrogen (secondary N) is 1. The summed E-state index contributed by atoms with van der Waals surface area (Å²) in [5.74, 6) is -0.174. The molecular weight excluding hydrogens is 286 g/mol. The van der Waals surface area contributed by atoms with E-state index in [1.165, 1.54) is 0 Å². The molecule has 0 atom stereocenters. The minimum atomic E-state index is -0.504. The van der Waals surface area contributed by atoms with E-state index >= 15 is 0 Å². The largest absolute Gasteiger partial charge is 0.463 e. The first-order valence-corrected chi connectivity index (χ1v) is 8.05. The first-order chi connectivity index (χ1) is 10.3. The second-order valence-corrected chi connectivity index (χ2v) is 6.07. The highest BCUT2D eigenvalue weighted by atomic mass is 16.6. The number of amides is 1. The summed E-state index contributed by atoms with van der Waals surface area (Å²) in [6.07, 6.45) is 4.27. The molecule has 0 spiro atoms. The van der Waals surface area contributed by atoms with E-state index in [1.807, 2.05) is 0 Å². The molecule has 130 valence electrons. The van der Waals surface area contributed by atoms with Gasteiger partial charge in [-0.2, -0.15) is 0 Å². The Hall–Kier alpha value is -1.30. The standard InChI is InChI=1S/C16H31NO5/c1-5-6-7-8-9-14(18)21-13-12-20-11-10-17-15(19)22-16(2,3)4/h5-13H2,1-4H3,(H,17,19). The molecule has 0 aliphatic rings. The average Bonchev–Trinajstić information content (AvgIpc) is 2.40. The summed E-state index contributed by atoms with van der Waals surface area (Å²) in [4.78, 5) is 22.7. The summed E-state index contributed by atoms with van der Waals surface area (Å²) in [6.45, 7) is 8.84. The average molecular weight is 317 g/mol. The number of unbranched alkanes of at least 4 members (excludes halogenated alkanes) is 3. The van der Waals surface area contributed by atoms with E-state index in [2.05, 4.69) is 12.2 Å². The van der Waals surface area contributed by atoms with Crippen molar-refractivity contribution >= 4 is 12.1 Å². The van der Waals surface area contributed by atoms with E-state index in [9.17, 15) is 9.59 Å². The van der Waals surface area contributed by atoms with Crippen molar-refractivity contribution in [3.8, 4) is 0 Å². The maximum absolute atomic E-state index is 11.4. The van der Waals surface area contributed by atoms with Crippen LogP contribution in [0.1, 0.15) is 59.8 Å². The van der Waals surface area contributed by atoms with Crippen LogP contribution < -0.4 is 5.32 Å². The molecule has 0 radical (unpaired) electrons. The maximum Gasteiger partial charge on any atom is 0.407 e. The maximum atomic E-state index is 11.4. The molecule has 0 unspecified atom stereocenters. The molecule has 0 fully saturated rings. The molecule has 0 heterocycles. The summed E-state index contributed by atoms with van der Waals surface area (Å²) >= 11 is 0. The van der Waals surface area contributed by atoms with Gasteiger partial charge in [-0.1, -0.05) is 26.2 Å². The number of carbonyl (C=O) groups is 2. The zero-order valence-corrected chi connectivity index (χ0v) is 14.4. The van der Waals surface area contributed by atoms with Crippen LogP contribution in [0, 0.1) is 0 Å². The minimum Gasteiger partial charge on any atom is -0.463 e. The molecule has 0 aromatic carbocycles. The van der Waals surface area contributed by atoms with Crippen LogP contribution in [-0.4, -0.2) is 44.0 Å². The molecule has 6 nitrogen and oxygen atoms in total. The molecule has 1 amide bonds. The SMILES string of the molecule is CCCCCCC(=O)OCCOCCNC(=O)OC(C)(C)C. The van der Waals surface area contributed by atoms with E-state index < -0.39 is 11.7 Å². The van der Waals surface area contributed by atoms with Gasteiger partial charge in [-0.25, -0.2) is 4.79 Å². The van der Waals surface area contributed by atoms with Crippen LogP contribution in [0.3, 0.4) is 0 Å². The quantitative estimate of drug-likeness (QED) is 0.468. The van der Waals surface area contributed by atoms with Crippen molar-refractivity contribution < 1.29 is 23.8 Å². The van der Waals surface area contributed by atoms with Crippen molar-refractivity contribution in [2.45, 2.75) is 65.4 Å². The van der Waals surface area contributed by atoms with Gasteiger partial charge in [-0.15, -0.1) is 0 Å². The predicted octanol–water partition coefficient (Wildman–Crippen LogP) is 3.04. The van der Waals surface area contributed by atoms with Crippen molar-refractivity contribution in [3.63, 3.8) is 0 Å². The van der Waals surface area contributed by atoms with E-state index in [1.54, 1.807) is 20.8 Å². The van der Waals surface area contributed by atoms with Crippen LogP contribution in [0.5, 0.6) is 0 Å². The third kappa shape index (κ3) is 15.1. The fourth-order valence-electron chi connectivity index (χ4n) is 1.62. The van der Waals surface area contributed by atoms with Gasteiger partial charge in [0, 0.05) is 13.0 Å². The molecule has 22 heavy (non-hydrogen) atoms. The zero-order chi connectivity index (χ0) is 16.8. The number of hydrogen-bond donors (Lipinski definition) is 1. The molecule has 0 aromatic heterocycles. The van der Waals surface area contributed by atoms with Crippen LogP contribution in [0.25, 0.3) is 0 Å². The van der Waals surface area contributed by atoms with Gasteiger partial charge in [-0.3, -0.25) is 4.79 Å². The van der Waals surface area contributed by atoms with Gasteiger partial charge in [-0.05, 0) is 27.2 Å². The summed E-state index contributed by atoms with van der Waals surface area (Å²) < 4.78 is 15.4. The Morgan fingerprint density at radius 1 is 1.00 bits per heavy atom. The molecule has 0 saturated heterocycles. The number of carbonyl (C=O) groups excluding carboxylic acids is 2. The molecule has 0 rings (SSSR count). The summed E-state index contributed by atoms with van der Waals surface area (Å²) in [5, 5.41) is 2.58. The van der Waals surface area contributed by atoms with Gasteiger partial charge in [0.05, 0.1) is 13.2 Å². The number of ether oxygens (including phenoxy) is 3. The lowest BCUT2D eigenvalue weighted by atomic mass is 10.2. The predicted molar refractivity (Wildman–Crippen MR) is 84.8 cm³/mol. The molecule has 1 N–H and O–H groups in total. The van der Waals surface area contributed by atoms with Gasteiger partial charge >= 0.3 is 12.1 Å². The topological polar surface area (TPSA) is 73.9 Å². The van der Waals surface area contributed by atoms with Crippen molar-refractivity contribution in [1.29, 1.82) is 0 Å². The van der Waals surface area contributed by atoms with Crippen molar-refractivity contribution in [1.82, 2.24) is 5.32 Å². The van der Waals surface area contributed by atoms with Gasteiger partial charge in [0.1, 0.15) is 12.2 Å². The van der Waals surface area contributed by atoms with Crippen LogP contribution in [0.2, 0.25) is 0 Å². The Kier molecular flexibility index (Phi) is 11.5. The normalized spacial score (nSPS) is 11.1. The fraction of sp³-hybridized carbons (Fsp3) is 0.875. The molecule has 0 saturated carbocycles. The van der Waals surface area contributed by atoms with Gasteiger partial charge in [0.15, 0.2) is 0 Å². The van der Waals surface area contributed by atoms with Crippen LogP contribution in [0.15, 0.2) is 0 Å². The highest BCUT2D eigenvalue weighted by Gasteiger charge is 2.15. The molecular formula is C16H31NO5. The van der Waals surface area contributed by atoms with E-state index in [4.69, 9.17) is 14.2 Å². The lowest BCUT2D eigenvalue weighted by Gasteiger charge is -2.19. The van der Waals surface area contributed by atoms with E-state index in [0.29, 0.717) is 26.2 Å². The number of rotatable bonds is 11. The van der Waals surface area contributed by atoms with Crippen LogP contribution >= 0.6 is 0 Å². The lowest BCUT2D eigenvalue weighted by Crippen LogP contribution is -2.34. The molecule has 0 aromatic rings. The monoisotopic (exact) mass is 317 g/mol. The van der Waals surface area contributed by atoms with Crippen molar-refractivity contribution in [3.05, 3.63) is 0 Å². The number of esters is 1. The number of hydrogen-bond acceptors (Lipinski definition) is 5. The second kappa shape index (κ2) is 12.3. The Morgan fingerprint density at radius 2 is 1.73 bits per heavy atom. The molecule has 0 bridgehead atoms.